The van der Waals surface area contributed by atoms with Gasteiger partial charge < -0.3 is 4.74 Å². The van der Waals surface area contributed by atoms with Crippen LogP contribution in [0.4, 0.5) is 0 Å². The molecular weight excluding hydrogens is 408 g/mol. The number of ether oxygens (including phenoxy) is 1. The first-order valence-electron chi connectivity index (χ1n) is 9.16. The van der Waals surface area contributed by atoms with Crippen molar-refractivity contribution in [2.45, 2.75) is 0 Å². The van der Waals surface area contributed by atoms with E-state index in [2.05, 4.69) is 58.4 Å². The van der Waals surface area contributed by atoms with Crippen molar-refractivity contribution >= 4 is 26.0 Å². The molecule has 0 aromatic heterocycles. The van der Waals surface area contributed by atoms with Crippen LogP contribution in [0.1, 0.15) is 16.7 Å². The predicted octanol–water partition coefficient (Wildman–Crippen LogP) is 7.79. The van der Waals surface area contributed by atoms with E-state index in [1.165, 1.54) is 0 Å². The molecule has 0 fully saturated rings. The van der Waals surface area contributed by atoms with Crippen LogP contribution in [0.3, 0.4) is 0 Å². The molecule has 0 heterocycles. The smallest absolute Gasteiger partial charge is 0.135 e. The number of halogens is 1. The standard InChI is InChI=1S/C26H19BrO/c27-26(21-14-6-2-7-15-21)25(20-12-4-1-5-13-20)23-18-10-11-19-24(23)28-22-16-8-3-9-17-22/h1-19H. The van der Waals surface area contributed by atoms with Crippen molar-refractivity contribution in [1.82, 2.24) is 0 Å². The van der Waals surface area contributed by atoms with Gasteiger partial charge in [0.05, 0.1) is 0 Å². The molecule has 0 bridgehead atoms. The van der Waals surface area contributed by atoms with Gasteiger partial charge in [0.25, 0.3) is 0 Å². The van der Waals surface area contributed by atoms with Crippen LogP contribution in [0.5, 0.6) is 11.5 Å². The minimum Gasteiger partial charge on any atom is -0.457 e. The van der Waals surface area contributed by atoms with Crippen molar-refractivity contribution in [2.75, 3.05) is 0 Å². The summed E-state index contributed by atoms with van der Waals surface area (Å²) in [6.07, 6.45) is 0. The zero-order valence-electron chi connectivity index (χ0n) is 15.3. The van der Waals surface area contributed by atoms with Gasteiger partial charge in [0, 0.05) is 15.6 Å². The summed E-state index contributed by atoms with van der Waals surface area (Å²) in [6.45, 7) is 0. The molecule has 136 valence electrons. The largest absolute Gasteiger partial charge is 0.457 e. The molecule has 0 radical (unpaired) electrons. The number of benzene rings is 4. The van der Waals surface area contributed by atoms with Crippen molar-refractivity contribution in [3.05, 3.63) is 132 Å². The Labute approximate surface area is 174 Å². The molecule has 0 saturated carbocycles. The van der Waals surface area contributed by atoms with Gasteiger partial charge in [0.15, 0.2) is 0 Å². The molecule has 0 N–H and O–H groups in total. The minimum atomic E-state index is 0.818. The summed E-state index contributed by atoms with van der Waals surface area (Å²) in [4.78, 5) is 0. The number of hydrogen-bond acceptors (Lipinski definition) is 1. The van der Waals surface area contributed by atoms with Gasteiger partial charge in [-0.15, -0.1) is 0 Å². The summed E-state index contributed by atoms with van der Waals surface area (Å²) in [5.41, 5.74) is 4.38. The average molecular weight is 427 g/mol. The lowest BCUT2D eigenvalue weighted by Gasteiger charge is -2.17. The molecule has 0 amide bonds. The van der Waals surface area contributed by atoms with E-state index in [0.29, 0.717) is 0 Å². The third-order valence-electron chi connectivity index (χ3n) is 4.44. The highest BCUT2D eigenvalue weighted by Crippen LogP contribution is 2.40. The highest BCUT2D eigenvalue weighted by molar-refractivity contribution is 9.15. The highest BCUT2D eigenvalue weighted by atomic mass is 79.9. The topological polar surface area (TPSA) is 9.23 Å². The molecule has 28 heavy (non-hydrogen) atoms. The third kappa shape index (κ3) is 4.08. The maximum Gasteiger partial charge on any atom is 0.135 e. The quantitative estimate of drug-likeness (QED) is 0.296. The normalized spacial score (nSPS) is 11.6. The lowest BCUT2D eigenvalue weighted by Crippen LogP contribution is -1.95. The number of para-hydroxylation sites is 2. The molecule has 0 saturated heterocycles. The van der Waals surface area contributed by atoms with Crippen molar-refractivity contribution in [3.63, 3.8) is 0 Å². The first-order valence-corrected chi connectivity index (χ1v) is 9.95. The molecule has 4 aromatic rings. The molecule has 0 aliphatic heterocycles. The SMILES string of the molecule is BrC(=C(c1ccccc1)c1ccccc1Oc1ccccc1)c1ccccc1. The Bertz CT molecular complexity index is 1070. The third-order valence-corrected chi connectivity index (χ3v) is 5.29. The molecule has 0 unspecified atom stereocenters. The molecule has 0 atom stereocenters. The Morgan fingerprint density at radius 3 is 1.68 bits per heavy atom. The van der Waals surface area contributed by atoms with Crippen LogP contribution in [0, 0.1) is 0 Å². The van der Waals surface area contributed by atoms with E-state index < -0.39 is 0 Å². The van der Waals surface area contributed by atoms with E-state index in [-0.39, 0.29) is 0 Å². The lowest BCUT2D eigenvalue weighted by molar-refractivity contribution is 0.481. The van der Waals surface area contributed by atoms with Crippen LogP contribution in [0.15, 0.2) is 115 Å². The predicted molar refractivity (Wildman–Crippen MR) is 121 cm³/mol. The maximum absolute atomic E-state index is 6.24. The van der Waals surface area contributed by atoms with Crippen LogP contribution in [-0.2, 0) is 0 Å². The fourth-order valence-electron chi connectivity index (χ4n) is 3.11. The molecular formula is C26H19BrO. The van der Waals surface area contributed by atoms with Crippen LogP contribution in [0.25, 0.3) is 10.1 Å². The minimum absolute atomic E-state index is 0.818. The maximum atomic E-state index is 6.24. The van der Waals surface area contributed by atoms with Crippen molar-refractivity contribution in [2.24, 2.45) is 0 Å². The van der Waals surface area contributed by atoms with E-state index in [4.69, 9.17) is 4.74 Å². The summed E-state index contributed by atoms with van der Waals surface area (Å²) >= 11 is 3.87. The second kappa shape index (κ2) is 8.73. The summed E-state index contributed by atoms with van der Waals surface area (Å²) in [5.74, 6) is 1.64. The lowest BCUT2D eigenvalue weighted by atomic mass is 9.95. The van der Waals surface area contributed by atoms with Gasteiger partial charge in [-0.05, 0) is 45.3 Å². The van der Waals surface area contributed by atoms with E-state index in [9.17, 15) is 0 Å². The Hall–Kier alpha value is -3.10. The Kier molecular flexibility index (Phi) is 5.69. The Morgan fingerprint density at radius 1 is 0.536 bits per heavy atom. The van der Waals surface area contributed by atoms with Gasteiger partial charge in [0.1, 0.15) is 11.5 Å². The van der Waals surface area contributed by atoms with Gasteiger partial charge in [-0.3, -0.25) is 0 Å². The zero-order valence-corrected chi connectivity index (χ0v) is 16.8. The first-order chi connectivity index (χ1) is 13.8. The fraction of sp³-hybridized carbons (Fsp3) is 0. The summed E-state index contributed by atoms with van der Waals surface area (Å²) < 4.78 is 7.27. The summed E-state index contributed by atoms with van der Waals surface area (Å²) in [7, 11) is 0. The number of rotatable bonds is 5. The van der Waals surface area contributed by atoms with Crippen molar-refractivity contribution < 1.29 is 4.74 Å². The summed E-state index contributed by atoms with van der Waals surface area (Å²) in [5, 5.41) is 0. The highest BCUT2D eigenvalue weighted by Gasteiger charge is 2.16. The molecule has 4 aromatic carbocycles. The van der Waals surface area contributed by atoms with Crippen molar-refractivity contribution in [3.8, 4) is 11.5 Å². The second-order valence-corrected chi connectivity index (χ2v) is 7.13. The van der Waals surface area contributed by atoms with E-state index in [0.717, 1.165) is 38.2 Å². The Morgan fingerprint density at radius 2 is 1.04 bits per heavy atom. The molecule has 0 aliphatic carbocycles. The first kappa shape index (κ1) is 18.3. The average Bonchev–Trinajstić information content (AvgIpc) is 2.77. The molecule has 0 aliphatic rings. The number of hydrogen-bond donors (Lipinski definition) is 0. The van der Waals surface area contributed by atoms with E-state index in [1.54, 1.807) is 0 Å². The molecule has 1 nitrogen and oxygen atoms in total. The van der Waals surface area contributed by atoms with Gasteiger partial charge in [0.2, 0.25) is 0 Å². The monoisotopic (exact) mass is 426 g/mol. The fourth-order valence-corrected chi connectivity index (χ4v) is 3.82. The van der Waals surface area contributed by atoms with Crippen LogP contribution >= 0.6 is 15.9 Å². The Balaban J connectivity index is 1.89. The van der Waals surface area contributed by atoms with E-state index >= 15 is 0 Å². The van der Waals surface area contributed by atoms with Gasteiger partial charge in [-0.25, -0.2) is 0 Å². The van der Waals surface area contributed by atoms with E-state index in [1.807, 2.05) is 72.8 Å². The zero-order chi connectivity index (χ0) is 19.2. The molecule has 4 rings (SSSR count). The van der Waals surface area contributed by atoms with Crippen LogP contribution in [0.2, 0.25) is 0 Å². The molecule has 0 spiro atoms. The molecule has 2 heteroatoms. The van der Waals surface area contributed by atoms with Crippen molar-refractivity contribution in [1.29, 1.82) is 0 Å². The van der Waals surface area contributed by atoms with Gasteiger partial charge in [-0.2, -0.15) is 0 Å². The van der Waals surface area contributed by atoms with Crippen LogP contribution in [-0.4, -0.2) is 0 Å². The van der Waals surface area contributed by atoms with Gasteiger partial charge in [-0.1, -0.05) is 97.1 Å². The van der Waals surface area contributed by atoms with Gasteiger partial charge >= 0.3 is 0 Å². The second-order valence-electron chi connectivity index (χ2n) is 6.33. The van der Waals surface area contributed by atoms with Crippen LogP contribution < -0.4 is 4.74 Å². The summed E-state index contributed by atoms with van der Waals surface area (Å²) in [6, 6.07) is 38.8.